The smallest absolute Gasteiger partial charge is 0.251 e. The molecule has 3 rings (SSSR count). The van der Waals surface area contributed by atoms with Crippen molar-refractivity contribution in [1.29, 1.82) is 0 Å². The van der Waals surface area contributed by atoms with Gasteiger partial charge in [-0.2, -0.15) is 0 Å². The van der Waals surface area contributed by atoms with E-state index in [0.29, 0.717) is 5.56 Å². The molecule has 2 aromatic carbocycles. The molecular weight excluding hydrogens is 401 g/mol. The number of hydrogen-bond acceptors (Lipinski definition) is 2. The monoisotopic (exact) mass is 421 g/mol. The minimum atomic E-state index is -0.301. The number of rotatable bonds is 2. The van der Waals surface area contributed by atoms with Crippen LogP contribution in [-0.4, -0.2) is 11.5 Å². The summed E-state index contributed by atoms with van der Waals surface area (Å²) >= 11 is 2.23. The van der Waals surface area contributed by atoms with Crippen LogP contribution in [0.4, 0.5) is 0 Å². The van der Waals surface area contributed by atoms with Crippen LogP contribution in [0, 0.1) is 10.5 Å². The van der Waals surface area contributed by atoms with Gasteiger partial charge in [-0.25, -0.2) is 0 Å². The molecule has 1 amide bonds. The molecule has 3 nitrogen and oxygen atoms in total. The maximum atomic E-state index is 12.6. The Hall–Kier alpha value is -1.56. The topological polar surface area (TPSA) is 38.3 Å². The summed E-state index contributed by atoms with van der Waals surface area (Å²) in [6, 6.07) is 13.7. The summed E-state index contributed by atoms with van der Waals surface area (Å²) in [5.74, 6) is 0.824. The van der Waals surface area contributed by atoms with Crippen molar-refractivity contribution in [1.82, 2.24) is 5.32 Å². The van der Waals surface area contributed by atoms with Crippen LogP contribution in [0.15, 0.2) is 42.5 Å². The molecule has 0 spiro atoms. The molecule has 23 heavy (non-hydrogen) atoms. The highest BCUT2D eigenvalue weighted by atomic mass is 127. The minimum Gasteiger partial charge on any atom is -0.487 e. The van der Waals surface area contributed by atoms with Crippen LogP contribution in [0.5, 0.6) is 5.75 Å². The molecule has 1 heterocycles. The Morgan fingerprint density at radius 1 is 1.22 bits per heavy atom. The van der Waals surface area contributed by atoms with Gasteiger partial charge in [0.1, 0.15) is 11.4 Å². The Bertz CT molecular complexity index is 738. The lowest BCUT2D eigenvalue weighted by atomic mass is 9.89. The molecule has 1 aliphatic heterocycles. The number of benzene rings is 2. The quantitative estimate of drug-likeness (QED) is 0.719. The molecule has 1 atom stereocenters. The fourth-order valence-corrected chi connectivity index (χ4v) is 3.29. The van der Waals surface area contributed by atoms with Crippen molar-refractivity contribution in [3.63, 3.8) is 0 Å². The third-order valence-electron chi connectivity index (χ3n) is 4.04. The lowest BCUT2D eigenvalue weighted by molar-refractivity contribution is 0.0619. The first-order valence-corrected chi connectivity index (χ1v) is 8.78. The molecule has 0 radical (unpaired) electrons. The van der Waals surface area contributed by atoms with Gasteiger partial charge in [-0.3, -0.25) is 4.79 Å². The average molecular weight is 421 g/mol. The number of ether oxygens (including phenoxy) is 1. The molecule has 0 aromatic heterocycles. The summed E-state index contributed by atoms with van der Waals surface area (Å²) in [6.45, 7) is 6.16. The van der Waals surface area contributed by atoms with Crippen LogP contribution < -0.4 is 10.1 Å². The van der Waals surface area contributed by atoms with Crippen molar-refractivity contribution in [3.8, 4) is 5.75 Å². The Morgan fingerprint density at radius 2 is 1.91 bits per heavy atom. The highest BCUT2D eigenvalue weighted by Crippen LogP contribution is 2.40. The normalized spacial score (nSPS) is 18.7. The average Bonchev–Trinajstić information content (AvgIpc) is 2.46. The van der Waals surface area contributed by atoms with Gasteiger partial charge in [0.05, 0.1) is 6.04 Å². The van der Waals surface area contributed by atoms with E-state index in [1.54, 1.807) is 0 Å². The lowest BCUT2D eigenvalue weighted by Crippen LogP contribution is -2.41. The van der Waals surface area contributed by atoms with Crippen molar-refractivity contribution < 1.29 is 9.53 Å². The van der Waals surface area contributed by atoms with Gasteiger partial charge in [0.15, 0.2) is 0 Å². The molecule has 0 unspecified atom stereocenters. The van der Waals surface area contributed by atoms with E-state index < -0.39 is 0 Å². The summed E-state index contributed by atoms with van der Waals surface area (Å²) in [5, 5.41) is 3.16. The van der Waals surface area contributed by atoms with Gasteiger partial charge < -0.3 is 10.1 Å². The fraction of sp³-hybridized carbons (Fsp3) is 0.316. The number of amides is 1. The molecule has 2 aromatic rings. The Labute approximate surface area is 150 Å². The van der Waals surface area contributed by atoms with Crippen LogP contribution in [-0.2, 0) is 0 Å². The Balaban J connectivity index is 1.87. The van der Waals surface area contributed by atoms with E-state index in [-0.39, 0.29) is 17.6 Å². The third kappa shape index (κ3) is 3.68. The first kappa shape index (κ1) is 16.3. The van der Waals surface area contributed by atoms with Gasteiger partial charge >= 0.3 is 0 Å². The number of hydrogen-bond donors (Lipinski definition) is 1. The first-order chi connectivity index (χ1) is 10.8. The van der Waals surface area contributed by atoms with E-state index >= 15 is 0 Å². The van der Waals surface area contributed by atoms with Gasteiger partial charge in [0.2, 0.25) is 0 Å². The number of carbonyl (C=O) groups is 1. The van der Waals surface area contributed by atoms with Crippen LogP contribution in [0.25, 0.3) is 0 Å². The molecular formula is C19H20INO2. The van der Waals surface area contributed by atoms with Crippen molar-refractivity contribution in [3.05, 3.63) is 62.7 Å². The highest BCUT2D eigenvalue weighted by Gasteiger charge is 2.34. The highest BCUT2D eigenvalue weighted by molar-refractivity contribution is 14.1. The largest absolute Gasteiger partial charge is 0.487 e. The van der Waals surface area contributed by atoms with E-state index in [2.05, 4.69) is 53.9 Å². The zero-order chi connectivity index (χ0) is 16.6. The maximum absolute atomic E-state index is 12.6. The van der Waals surface area contributed by atoms with E-state index in [4.69, 9.17) is 4.74 Å². The van der Waals surface area contributed by atoms with E-state index in [1.165, 1.54) is 0 Å². The van der Waals surface area contributed by atoms with Crippen molar-refractivity contribution in [2.24, 2.45) is 0 Å². The summed E-state index contributed by atoms with van der Waals surface area (Å²) in [5.41, 5.74) is 2.59. The minimum absolute atomic E-state index is 0.0406. The summed E-state index contributed by atoms with van der Waals surface area (Å²) < 4.78 is 7.20. The summed E-state index contributed by atoms with van der Waals surface area (Å²) in [7, 11) is 0. The molecule has 1 aliphatic rings. The van der Waals surface area contributed by atoms with Gasteiger partial charge in [-0.15, -0.1) is 0 Å². The number of nitrogens with one attached hydrogen (secondary N) is 1. The summed E-state index contributed by atoms with van der Waals surface area (Å²) in [6.07, 6.45) is 0.749. The number of aryl methyl sites for hydroxylation is 1. The second kappa shape index (κ2) is 6.15. The van der Waals surface area contributed by atoms with Crippen molar-refractivity contribution >= 4 is 28.5 Å². The number of halogens is 1. The van der Waals surface area contributed by atoms with Gasteiger partial charge in [-0.05, 0) is 79.3 Å². The van der Waals surface area contributed by atoms with Crippen LogP contribution >= 0.6 is 22.6 Å². The molecule has 120 valence electrons. The first-order valence-electron chi connectivity index (χ1n) is 7.70. The molecule has 0 saturated carbocycles. The molecule has 0 fully saturated rings. The predicted octanol–water partition coefficient (Wildman–Crippen LogP) is 4.63. The van der Waals surface area contributed by atoms with Gasteiger partial charge in [-0.1, -0.05) is 12.1 Å². The van der Waals surface area contributed by atoms with E-state index in [9.17, 15) is 4.79 Å². The predicted molar refractivity (Wildman–Crippen MR) is 99.9 cm³/mol. The summed E-state index contributed by atoms with van der Waals surface area (Å²) in [4.78, 5) is 12.6. The Morgan fingerprint density at radius 3 is 2.61 bits per heavy atom. The van der Waals surface area contributed by atoms with Crippen molar-refractivity contribution in [2.45, 2.75) is 38.8 Å². The Kier molecular flexibility index (Phi) is 4.36. The lowest BCUT2D eigenvalue weighted by Gasteiger charge is -2.38. The second-order valence-corrected chi connectivity index (χ2v) is 7.89. The zero-order valence-electron chi connectivity index (χ0n) is 13.5. The molecule has 4 heteroatoms. The fourth-order valence-electron chi connectivity index (χ4n) is 2.93. The number of fused-ring (bicyclic) bond motifs is 1. The van der Waals surface area contributed by atoms with Crippen LogP contribution in [0.3, 0.4) is 0 Å². The van der Waals surface area contributed by atoms with Crippen molar-refractivity contribution in [2.75, 3.05) is 0 Å². The standard InChI is InChI=1S/C19H20INO2/c1-12-4-9-15-16(11-19(2,3)23-17(15)10-12)21-18(22)13-5-7-14(20)8-6-13/h4-10,16H,11H2,1-3H3,(H,21,22)/t16-/m1/s1. The third-order valence-corrected chi connectivity index (χ3v) is 4.76. The molecule has 0 bridgehead atoms. The van der Waals surface area contributed by atoms with Crippen LogP contribution in [0.2, 0.25) is 0 Å². The van der Waals surface area contributed by atoms with Crippen LogP contribution in [0.1, 0.15) is 47.8 Å². The van der Waals surface area contributed by atoms with Gasteiger partial charge in [0.25, 0.3) is 5.91 Å². The SMILES string of the molecule is Cc1ccc2c(c1)OC(C)(C)C[C@H]2NC(=O)c1ccc(I)cc1. The second-order valence-electron chi connectivity index (χ2n) is 6.64. The number of carbonyl (C=O) groups excluding carboxylic acids is 1. The maximum Gasteiger partial charge on any atom is 0.251 e. The zero-order valence-corrected chi connectivity index (χ0v) is 15.7. The van der Waals surface area contributed by atoms with E-state index in [0.717, 1.165) is 26.9 Å². The molecule has 1 N–H and O–H groups in total. The molecule has 0 aliphatic carbocycles. The van der Waals surface area contributed by atoms with E-state index in [1.807, 2.05) is 37.3 Å². The van der Waals surface area contributed by atoms with Gasteiger partial charge in [0, 0.05) is 21.1 Å². The molecule has 0 saturated heterocycles.